The van der Waals surface area contributed by atoms with Crippen molar-refractivity contribution in [2.24, 2.45) is 16.5 Å². The number of benzene rings is 2. The van der Waals surface area contributed by atoms with Crippen LogP contribution in [0.2, 0.25) is 0 Å². The zero-order valence-corrected chi connectivity index (χ0v) is 21.2. The number of hydrogen-bond acceptors (Lipinski definition) is 5. The molecule has 0 saturated heterocycles. The molecule has 2 amide bonds. The molecule has 2 aromatic carbocycles. The summed E-state index contributed by atoms with van der Waals surface area (Å²) in [6.45, 7) is 4.38. The lowest BCUT2D eigenvalue weighted by atomic mass is 10.00. The molecule has 0 aliphatic carbocycles. The normalized spacial score (nSPS) is 11.5. The molecule has 37 heavy (non-hydrogen) atoms. The Morgan fingerprint density at radius 2 is 1.78 bits per heavy atom. The first-order chi connectivity index (χ1) is 17.8. The molecule has 0 fully saturated rings. The van der Waals surface area contributed by atoms with Crippen molar-refractivity contribution in [2.45, 2.75) is 33.2 Å². The fourth-order valence-corrected chi connectivity index (χ4v) is 4.34. The van der Waals surface area contributed by atoms with Crippen LogP contribution in [0.15, 0.2) is 65.9 Å². The summed E-state index contributed by atoms with van der Waals surface area (Å²) in [5, 5.41) is 3.81. The number of rotatable bonds is 8. The number of amides is 2. The summed E-state index contributed by atoms with van der Waals surface area (Å²) < 4.78 is 0. The van der Waals surface area contributed by atoms with Crippen LogP contribution < -0.4 is 16.8 Å². The molecule has 0 saturated carbocycles. The molecule has 2 heterocycles. The number of primary amides is 1. The van der Waals surface area contributed by atoms with Crippen LogP contribution in [0.4, 0.5) is 0 Å². The Hall–Kier alpha value is -4.59. The van der Waals surface area contributed by atoms with E-state index in [4.69, 9.17) is 11.5 Å². The maximum absolute atomic E-state index is 12.9. The summed E-state index contributed by atoms with van der Waals surface area (Å²) in [6, 6.07) is 15.0. The second-order valence-corrected chi connectivity index (χ2v) is 8.94. The lowest BCUT2D eigenvalue weighted by Crippen LogP contribution is -2.23. The molecule has 0 aliphatic rings. The number of hydrogen-bond donors (Lipinski definition) is 3. The average molecular weight is 495 g/mol. The molecule has 8 heteroatoms. The SMILES string of the molecule is CCc1cc(CNC(=O)c2ccnc(Cc3cc(C(N)=O)c4ncc(C)cc4c3)c2)ccc1C(N)=NC. The number of aryl methyl sites for hydroxylation is 2. The van der Waals surface area contributed by atoms with Gasteiger partial charge in [-0.25, -0.2) is 0 Å². The summed E-state index contributed by atoms with van der Waals surface area (Å²) in [5.41, 5.74) is 18.6. The molecule has 4 rings (SSSR count). The second kappa shape index (κ2) is 11.0. The van der Waals surface area contributed by atoms with Gasteiger partial charge in [0.05, 0.1) is 11.1 Å². The third-order valence-electron chi connectivity index (χ3n) is 6.23. The molecular formula is C29H30N6O2. The van der Waals surface area contributed by atoms with Crippen molar-refractivity contribution in [2.75, 3.05) is 7.05 Å². The van der Waals surface area contributed by atoms with Crippen LogP contribution in [0, 0.1) is 6.92 Å². The van der Waals surface area contributed by atoms with Gasteiger partial charge in [0, 0.05) is 54.6 Å². The lowest BCUT2D eigenvalue weighted by molar-refractivity contribution is 0.0949. The fraction of sp³-hybridized carbons (Fsp3) is 0.207. The van der Waals surface area contributed by atoms with E-state index in [1.165, 1.54) is 0 Å². The minimum Gasteiger partial charge on any atom is -0.384 e. The van der Waals surface area contributed by atoms with Crippen molar-refractivity contribution in [1.29, 1.82) is 0 Å². The molecule has 4 aromatic rings. The monoisotopic (exact) mass is 494 g/mol. The van der Waals surface area contributed by atoms with Crippen molar-refractivity contribution >= 4 is 28.6 Å². The van der Waals surface area contributed by atoms with E-state index in [1.54, 1.807) is 37.6 Å². The quantitative estimate of drug-likeness (QED) is 0.255. The van der Waals surface area contributed by atoms with E-state index in [9.17, 15) is 9.59 Å². The largest absolute Gasteiger partial charge is 0.384 e. The number of carbonyl (C=O) groups excluding carboxylic acids is 2. The summed E-state index contributed by atoms with van der Waals surface area (Å²) >= 11 is 0. The maximum atomic E-state index is 12.9. The van der Waals surface area contributed by atoms with Gasteiger partial charge in [-0.3, -0.25) is 24.5 Å². The highest BCUT2D eigenvalue weighted by atomic mass is 16.2. The number of nitrogens with two attached hydrogens (primary N) is 2. The second-order valence-electron chi connectivity index (χ2n) is 8.94. The van der Waals surface area contributed by atoms with Crippen molar-refractivity contribution < 1.29 is 9.59 Å². The van der Waals surface area contributed by atoms with Gasteiger partial charge in [-0.1, -0.05) is 25.1 Å². The Bertz CT molecular complexity index is 1530. The average Bonchev–Trinajstić information content (AvgIpc) is 2.90. The van der Waals surface area contributed by atoms with Gasteiger partial charge in [0.25, 0.3) is 11.8 Å². The van der Waals surface area contributed by atoms with E-state index < -0.39 is 5.91 Å². The Balaban J connectivity index is 1.51. The van der Waals surface area contributed by atoms with E-state index in [0.29, 0.717) is 41.1 Å². The van der Waals surface area contributed by atoms with Crippen LogP contribution >= 0.6 is 0 Å². The van der Waals surface area contributed by atoms with E-state index in [0.717, 1.165) is 39.6 Å². The van der Waals surface area contributed by atoms with Gasteiger partial charge < -0.3 is 16.8 Å². The molecule has 0 aliphatic heterocycles. The van der Waals surface area contributed by atoms with Gasteiger partial charge in [0.15, 0.2) is 0 Å². The Morgan fingerprint density at radius 1 is 0.973 bits per heavy atom. The minimum atomic E-state index is -0.534. The molecule has 0 bridgehead atoms. The molecule has 2 aromatic heterocycles. The molecule has 5 N–H and O–H groups in total. The van der Waals surface area contributed by atoms with Crippen LogP contribution in [-0.2, 0) is 19.4 Å². The zero-order valence-electron chi connectivity index (χ0n) is 21.2. The molecule has 0 radical (unpaired) electrons. The van der Waals surface area contributed by atoms with E-state index >= 15 is 0 Å². The summed E-state index contributed by atoms with van der Waals surface area (Å²) in [6.07, 6.45) is 4.57. The number of carbonyl (C=O) groups is 2. The smallest absolute Gasteiger partial charge is 0.251 e. The predicted molar refractivity (Wildman–Crippen MR) is 146 cm³/mol. The highest BCUT2D eigenvalue weighted by Gasteiger charge is 2.13. The van der Waals surface area contributed by atoms with E-state index in [1.807, 2.05) is 37.3 Å². The topological polar surface area (TPSA) is 136 Å². The first-order valence-corrected chi connectivity index (χ1v) is 12.1. The number of aliphatic imine (C=N–C) groups is 1. The standard InChI is InChI=1S/C29H30N6O2/c1-4-20-10-18(5-6-24(20)27(30)32-3)16-35-29(37)21-7-8-33-23(14-21)12-19-11-22-9-17(2)15-34-26(22)25(13-19)28(31)36/h5-11,13-15H,4,12,16H2,1-3H3,(H2,30,32)(H2,31,36)(H,35,37). The van der Waals surface area contributed by atoms with E-state index in [2.05, 4.69) is 27.2 Å². The van der Waals surface area contributed by atoms with Gasteiger partial charge in [-0.2, -0.15) is 0 Å². The number of pyridine rings is 2. The maximum Gasteiger partial charge on any atom is 0.251 e. The molecule has 188 valence electrons. The third-order valence-corrected chi connectivity index (χ3v) is 6.23. The number of nitrogens with one attached hydrogen (secondary N) is 1. The van der Waals surface area contributed by atoms with Crippen LogP contribution in [0.3, 0.4) is 0 Å². The van der Waals surface area contributed by atoms with Gasteiger partial charge >= 0.3 is 0 Å². The van der Waals surface area contributed by atoms with Crippen molar-refractivity contribution in [3.05, 3.63) is 106 Å². The summed E-state index contributed by atoms with van der Waals surface area (Å²) in [4.78, 5) is 37.8. The molecule has 0 unspecified atom stereocenters. The Kier molecular flexibility index (Phi) is 7.57. The first-order valence-electron chi connectivity index (χ1n) is 12.1. The summed E-state index contributed by atoms with van der Waals surface area (Å²) in [5.74, 6) is -0.234. The van der Waals surface area contributed by atoms with E-state index in [-0.39, 0.29) is 5.91 Å². The fourth-order valence-electron chi connectivity index (χ4n) is 4.34. The van der Waals surface area contributed by atoms with Crippen molar-refractivity contribution in [1.82, 2.24) is 15.3 Å². The Morgan fingerprint density at radius 3 is 2.51 bits per heavy atom. The van der Waals surface area contributed by atoms with Gasteiger partial charge in [-0.05, 0) is 65.9 Å². The van der Waals surface area contributed by atoms with Crippen molar-refractivity contribution in [3.8, 4) is 0 Å². The predicted octanol–water partition coefficient (Wildman–Crippen LogP) is 3.46. The highest BCUT2D eigenvalue weighted by Crippen LogP contribution is 2.22. The minimum absolute atomic E-state index is 0.198. The molecule has 8 nitrogen and oxygen atoms in total. The number of nitrogens with zero attached hydrogens (tertiary/aromatic N) is 3. The molecule has 0 atom stereocenters. The number of amidine groups is 1. The molecular weight excluding hydrogens is 464 g/mol. The van der Waals surface area contributed by atoms with Gasteiger partial charge in [-0.15, -0.1) is 0 Å². The summed E-state index contributed by atoms with van der Waals surface area (Å²) in [7, 11) is 1.67. The first kappa shape index (κ1) is 25.5. The Labute approximate surface area is 215 Å². The number of fused-ring (bicyclic) bond motifs is 1. The van der Waals surface area contributed by atoms with Crippen LogP contribution in [0.1, 0.15) is 61.2 Å². The zero-order chi connectivity index (χ0) is 26.5. The number of aromatic nitrogens is 2. The van der Waals surface area contributed by atoms with Crippen LogP contribution in [0.5, 0.6) is 0 Å². The van der Waals surface area contributed by atoms with Crippen LogP contribution in [-0.4, -0.2) is 34.7 Å². The van der Waals surface area contributed by atoms with Gasteiger partial charge in [0.1, 0.15) is 5.84 Å². The highest BCUT2D eigenvalue weighted by molar-refractivity contribution is 6.05. The van der Waals surface area contributed by atoms with Crippen molar-refractivity contribution in [3.63, 3.8) is 0 Å². The third kappa shape index (κ3) is 5.81. The molecule has 0 spiro atoms. The van der Waals surface area contributed by atoms with Crippen LogP contribution in [0.25, 0.3) is 10.9 Å². The lowest BCUT2D eigenvalue weighted by Gasteiger charge is -2.11. The van der Waals surface area contributed by atoms with Gasteiger partial charge in [0.2, 0.25) is 0 Å².